The number of hydrogen-bond acceptors (Lipinski definition) is 2. The average molecular weight is 232 g/mol. The molecule has 0 radical (unpaired) electrons. The molecule has 1 aliphatic rings. The van der Waals surface area contributed by atoms with Crippen LogP contribution in [0.5, 0.6) is 0 Å². The number of anilines is 1. The van der Waals surface area contributed by atoms with Gasteiger partial charge in [0.1, 0.15) is 6.54 Å². The molecule has 4 heteroatoms. The van der Waals surface area contributed by atoms with Gasteiger partial charge in [-0.2, -0.15) is 0 Å². The maximum Gasteiger partial charge on any atom is 0.246 e. The Morgan fingerprint density at radius 3 is 2.59 bits per heavy atom. The Kier molecular flexibility index (Phi) is 3.42. The lowest BCUT2D eigenvalue weighted by Crippen LogP contribution is -2.51. The molecule has 1 fully saturated rings. The van der Waals surface area contributed by atoms with Gasteiger partial charge in [0.2, 0.25) is 11.8 Å². The van der Waals surface area contributed by atoms with Crippen molar-refractivity contribution in [3.63, 3.8) is 0 Å². The van der Waals surface area contributed by atoms with Gasteiger partial charge in [0.05, 0.1) is 6.54 Å². The zero-order chi connectivity index (χ0) is 12.3. The van der Waals surface area contributed by atoms with E-state index < -0.39 is 0 Å². The zero-order valence-electron chi connectivity index (χ0n) is 9.90. The molecule has 1 N–H and O–H groups in total. The molecule has 90 valence electrons. The summed E-state index contributed by atoms with van der Waals surface area (Å²) in [6.45, 7) is 2.34. The molecule has 0 atom stereocenters. The largest absolute Gasteiger partial charge is 0.345 e. The first-order chi connectivity index (χ1) is 8.20. The molecule has 0 spiro atoms. The van der Waals surface area contributed by atoms with E-state index in [2.05, 4.69) is 12.2 Å². The van der Waals surface area contributed by atoms with Crippen molar-refractivity contribution in [1.82, 2.24) is 5.32 Å². The van der Waals surface area contributed by atoms with Gasteiger partial charge in [0.15, 0.2) is 0 Å². The summed E-state index contributed by atoms with van der Waals surface area (Å²) in [4.78, 5) is 24.4. The van der Waals surface area contributed by atoms with Crippen molar-refractivity contribution in [2.45, 2.75) is 19.8 Å². The molecule has 0 unspecified atom stereocenters. The molecule has 0 bridgehead atoms. The summed E-state index contributed by atoms with van der Waals surface area (Å²) in [5, 5.41) is 2.53. The van der Waals surface area contributed by atoms with Crippen molar-refractivity contribution in [1.29, 1.82) is 0 Å². The van der Waals surface area contributed by atoms with E-state index in [0.29, 0.717) is 0 Å². The van der Waals surface area contributed by atoms with Gasteiger partial charge in [0.25, 0.3) is 0 Å². The first-order valence-electron chi connectivity index (χ1n) is 5.86. The monoisotopic (exact) mass is 232 g/mol. The molecule has 2 amide bonds. The molecule has 1 saturated heterocycles. The van der Waals surface area contributed by atoms with Gasteiger partial charge in [-0.1, -0.05) is 25.5 Å². The van der Waals surface area contributed by atoms with Crippen LogP contribution in [0.25, 0.3) is 0 Å². The Balaban J connectivity index is 2.15. The van der Waals surface area contributed by atoms with Gasteiger partial charge < -0.3 is 10.2 Å². The predicted molar refractivity (Wildman–Crippen MR) is 65.8 cm³/mol. The van der Waals surface area contributed by atoms with E-state index >= 15 is 0 Å². The van der Waals surface area contributed by atoms with Crippen LogP contribution in [0.2, 0.25) is 0 Å². The highest BCUT2D eigenvalue weighted by molar-refractivity contribution is 6.04. The van der Waals surface area contributed by atoms with Crippen LogP contribution in [0, 0.1) is 0 Å². The molecule has 2 rings (SSSR count). The Morgan fingerprint density at radius 2 is 1.94 bits per heavy atom. The molecule has 0 saturated carbocycles. The molecule has 1 aliphatic heterocycles. The Hall–Kier alpha value is -1.84. The summed E-state index contributed by atoms with van der Waals surface area (Å²) in [7, 11) is 0. The fourth-order valence-electron chi connectivity index (χ4n) is 1.92. The summed E-state index contributed by atoms with van der Waals surface area (Å²) in [5.41, 5.74) is 2.05. The van der Waals surface area contributed by atoms with Crippen molar-refractivity contribution in [3.8, 4) is 0 Å². The first kappa shape index (κ1) is 11.6. The number of amides is 2. The van der Waals surface area contributed by atoms with Gasteiger partial charge in [0, 0.05) is 5.69 Å². The van der Waals surface area contributed by atoms with Crippen LogP contribution in [-0.2, 0) is 16.0 Å². The number of carbonyl (C=O) groups excluding carboxylic acids is 2. The zero-order valence-corrected chi connectivity index (χ0v) is 9.90. The molecule has 0 aromatic heterocycles. The highest BCUT2D eigenvalue weighted by atomic mass is 16.2. The van der Waals surface area contributed by atoms with Crippen LogP contribution >= 0.6 is 0 Å². The SMILES string of the molecule is CCCc1ccc(N2CC(=O)NCC2=O)cc1. The van der Waals surface area contributed by atoms with Gasteiger partial charge in [-0.3, -0.25) is 9.59 Å². The van der Waals surface area contributed by atoms with Crippen LogP contribution in [0.1, 0.15) is 18.9 Å². The smallest absolute Gasteiger partial charge is 0.246 e. The van der Waals surface area contributed by atoms with Gasteiger partial charge >= 0.3 is 0 Å². The molecule has 1 heterocycles. The lowest BCUT2D eigenvalue weighted by Gasteiger charge is -2.26. The van der Waals surface area contributed by atoms with Crippen molar-refractivity contribution in [2.75, 3.05) is 18.0 Å². The molecule has 17 heavy (non-hydrogen) atoms. The summed E-state index contributed by atoms with van der Waals surface area (Å²) in [5.74, 6) is -0.171. The van der Waals surface area contributed by atoms with Crippen LogP contribution in [0.4, 0.5) is 5.69 Å². The van der Waals surface area contributed by atoms with E-state index in [4.69, 9.17) is 0 Å². The fraction of sp³-hybridized carbons (Fsp3) is 0.385. The van der Waals surface area contributed by atoms with E-state index in [1.807, 2.05) is 24.3 Å². The van der Waals surface area contributed by atoms with Crippen molar-refractivity contribution >= 4 is 17.5 Å². The third-order valence-electron chi connectivity index (χ3n) is 2.83. The number of nitrogens with one attached hydrogen (secondary N) is 1. The minimum absolute atomic E-state index is 0.0622. The van der Waals surface area contributed by atoms with Crippen molar-refractivity contribution in [3.05, 3.63) is 29.8 Å². The fourth-order valence-corrected chi connectivity index (χ4v) is 1.92. The summed E-state index contributed by atoms with van der Waals surface area (Å²) in [6, 6.07) is 7.83. The maximum atomic E-state index is 11.7. The lowest BCUT2D eigenvalue weighted by molar-refractivity contribution is -0.128. The Labute approximate surface area is 101 Å². The van der Waals surface area contributed by atoms with Crippen LogP contribution in [-0.4, -0.2) is 24.9 Å². The molecular formula is C13H16N2O2. The number of nitrogens with zero attached hydrogens (tertiary/aromatic N) is 1. The normalized spacial score (nSPS) is 15.9. The summed E-state index contributed by atoms with van der Waals surface area (Å²) in [6.07, 6.45) is 2.14. The quantitative estimate of drug-likeness (QED) is 0.848. The second-order valence-electron chi connectivity index (χ2n) is 4.17. The summed E-state index contributed by atoms with van der Waals surface area (Å²) >= 11 is 0. The molecular weight excluding hydrogens is 216 g/mol. The highest BCUT2D eigenvalue weighted by Crippen LogP contribution is 2.17. The van der Waals surface area contributed by atoms with Crippen molar-refractivity contribution in [2.24, 2.45) is 0 Å². The molecule has 1 aromatic rings. The number of carbonyl (C=O) groups is 2. The average Bonchev–Trinajstić information content (AvgIpc) is 2.34. The first-order valence-corrected chi connectivity index (χ1v) is 5.86. The number of aryl methyl sites for hydroxylation is 1. The van der Waals surface area contributed by atoms with Gasteiger partial charge in [-0.25, -0.2) is 0 Å². The van der Waals surface area contributed by atoms with Gasteiger partial charge in [-0.05, 0) is 24.1 Å². The van der Waals surface area contributed by atoms with E-state index in [1.54, 1.807) is 0 Å². The molecule has 1 aromatic carbocycles. The second kappa shape index (κ2) is 4.99. The molecule has 4 nitrogen and oxygen atoms in total. The summed E-state index contributed by atoms with van der Waals surface area (Å²) < 4.78 is 0. The Bertz CT molecular complexity index is 426. The Morgan fingerprint density at radius 1 is 1.24 bits per heavy atom. The van der Waals surface area contributed by atoms with E-state index in [9.17, 15) is 9.59 Å². The topological polar surface area (TPSA) is 49.4 Å². The third-order valence-corrected chi connectivity index (χ3v) is 2.83. The number of benzene rings is 1. The van der Waals surface area contributed by atoms with Crippen LogP contribution in [0.3, 0.4) is 0 Å². The minimum atomic E-state index is -0.109. The highest BCUT2D eigenvalue weighted by Gasteiger charge is 2.23. The lowest BCUT2D eigenvalue weighted by atomic mass is 10.1. The number of rotatable bonds is 3. The van der Waals surface area contributed by atoms with E-state index in [-0.39, 0.29) is 24.9 Å². The molecule has 0 aliphatic carbocycles. The third kappa shape index (κ3) is 2.64. The van der Waals surface area contributed by atoms with E-state index in [1.165, 1.54) is 10.5 Å². The second-order valence-corrected chi connectivity index (χ2v) is 4.17. The number of piperazine rings is 1. The standard InChI is InChI=1S/C13H16N2O2/c1-2-3-10-4-6-11(7-5-10)15-9-12(16)14-8-13(15)17/h4-7H,2-3,8-9H2,1H3,(H,14,16). The number of hydrogen-bond donors (Lipinski definition) is 1. The van der Waals surface area contributed by atoms with Crippen LogP contribution in [0.15, 0.2) is 24.3 Å². The van der Waals surface area contributed by atoms with Gasteiger partial charge in [-0.15, -0.1) is 0 Å². The maximum absolute atomic E-state index is 11.7. The predicted octanol–water partition coefficient (Wildman–Crippen LogP) is 1.10. The van der Waals surface area contributed by atoms with Crippen LogP contribution < -0.4 is 10.2 Å². The minimum Gasteiger partial charge on any atom is -0.345 e. The van der Waals surface area contributed by atoms with E-state index in [0.717, 1.165) is 18.5 Å². The van der Waals surface area contributed by atoms with Crippen molar-refractivity contribution < 1.29 is 9.59 Å².